The van der Waals surface area contributed by atoms with Gasteiger partial charge in [0.2, 0.25) is 0 Å². The number of aromatic nitrogens is 1. The molecule has 2 atom stereocenters. The Morgan fingerprint density at radius 2 is 1.79 bits per heavy atom. The number of nitrogens with zero attached hydrogens (tertiary/aromatic N) is 1. The molecular weight excluding hydrogens is 350 g/mol. The van der Waals surface area contributed by atoms with E-state index in [1.807, 2.05) is 31.2 Å². The Morgan fingerprint density at radius 1 is 1.07 bits per heavy atom. The summed E-state index contributed by atoms with van der Waals surface area (Å²) in [6.07, 6.45) is 0.954. The molecule has 1 aromatic heterocycles. The molecule has 0 saturated heterocycles. The van der Waals surface area contributed by atoms with Crippen molar-refractivity contribution in [2.75, 3.05) is 6.61 Å². The first kappa shape index (κ1) is 18.5. The van der Waals surface area contributed by atoms with Crippen molar-refractivity contribution < 1.29 is 14.3 Å². The number of rotatable bonds is 3. The van der Waals surface area contributed by atoms with Gasteiger partial charge in [0.25, 0.3) is 0 Å². The molecule has 28 heavy (non-hydrogen) atoms. The number of hydrogen-bond acceptors (Lipinski definition) is 3. The van der Waals surface area contributed by atoms with Gasteiger partial charge < -0.3 is 4.74 Å². The van der Waals surface area contributed by atoms with Crippen LogP contribution >= 0.6 is 0 Å². The number of fused-ring (bicyclic) bond motifs is 3. The standard InChI is InChI=1S/C24H25NO3/c1-4-28-24(27)25-22-8-6-5-7-18(22)21-13-19(16(3)26)20(14-23(21)25)17-11-9-15(2)10-12-17/h5-12,19-20H,4,13-14H2,1-3H3/t19-,20-/m1/s1. The molecule has 4 nitrogen and oxygen atoms in total. The zero-order valence-corrected chi connectivity index (χ0v) is 16.6. The van der Waals surface area contributed by atoms with Crippen molar-refractivity contribution in [1.82, 2.24) is 4.57 Å². The van der Waals surface area contributed by atoms with Crippen LogP contribution in [0.25, 0.3) is 10.9 Å². The Balaban J connectivity index is 1.89. The highest BCUT2D eigenvalue weighted by Gasteiger charge is 2.37. The third-order valence-corrected chi connectivity index (χ3v) is 5.89. The Bertz CT molecular complexity index is 1050. The van der Waals surface area contributed by atoms with Crippen molar-refractivity contribution >= 4 is 22.8 Å². The number of Topliss-reactive ketones (excluding diaryl/α,β-unsaturated/α-hetero) is 1. The quantitative estimate of drug-likeness (QED) is 0.644. The third-order valence-electron chi connectivity index (χ3n) is 5.89. The van der Waals surface area contributed by atoms with Crippen molar-refractivity contribution in [2.45, 2.75) is 39.5 Å². The molecule has 0 aliphatic heterocycles. The van der Waals surface area contributed by atoms with Crippen molar-refractivity contribution in [3.63, 3.8) is 0 Å². The summed E-state index contributed by atoms with van der Waals surface area (Å²) in [5, 5.41) is 1.04. The first-order valence-electron chi connectivity index (χ1n) is 9.86. The summed E-state index contributed by atoms with van der Waals surface area (Å²) in [4.78, 5) is 25.3. The lowest BCUT2D eigenvalue weighted by atomic mass is 9.72. The molecule has 144 valence electrons. The second-order valence-corrected chi connectivity index (χ2v) is 7.62. The maximum atomic E-state index is 12.8. The van der Waals surface area contributed by atoms with Gasteiger partial charge in [0, 0.05) is 17.0 Å². The van der Waals surface area contributed by atoms with Crippen LogP contribution in [0.4, 0.5) is 4.79 Å². The molecule has 0 unspecified atom stereocenters. The lowest BCUT2D eigenvalue weighted by Gasteiger charge is -2.31. The first-order chi connectivity index (χ1) is 13.5. The van der Waals surface area contributed by atoms with Gasteiger partial charge in [-0.3, -0.25) is 4.79 Å². The van der Waals surface area contributed by atoms with Crippen LogP contribution in [0.3, 0.4) is 0 Å². The molecule has 0 saturated carbocycles. The largest absolute Gasteiger partial charge is 0.449 e. The fourth-order valence-corrected chi connectivity index (χ4v) is 4.50. The SMILES string of the molecule is CCOC(=O)n1c2c(c3ccccc31)C[C@H](C(C)=O)[C@@H](c1ccc(C)cc1)C2. The number of ketones is 1. The highest BCUT2D eigenvalue weighted by Crippen LogP contribution is 2.42. The van der Waals surface area contributed by atoms with Crippen LogP contribution in [0.1, 0.15) is 42.1 Å². The maximum absolute atomic E-state index is 12.8. The fraction of sp³-hybridized carbons (Fsp3) is 0.333. The molecule has 0 fully saturated rings. The molecule has 0 amide bonds. The van der Waals surface area contributed by atoms with E-state index < -0.39 is 0 Å². The normalized spacial score (nSPS) is 18.7. The number of hydrogen-bond donors (Lipinski definition) is 0. The monoisotopic (exact) mass is 375 g/mol. The van der Waals surface area contributed by atoms with Crippen LogP contribution < -0.4 is 0 Å². The van der Waals surface area contributed by atoms with E-state index >= 15 is 0 Å². The summed E-state index contributed by atoms with van der Waals surface area (Å²) in [7, 11) is 0. The number of carbonyl (C=O) groups excluding carboxylic acids is 2. The Kier molecular flexibility index (Phi) is 4.80. The lowest BCUT2D eigenvalue weighted by Crippen LogP contribution is -2.30. The van der Waals surface area contributed by atoms with Gasteiger partial charge in [0.15, 0.2) is 0 Å². The van der Waals surface area contributed by atoms with Gasteiger partial charge in [-0.25, -0.2) is 9.36 Å². The highest BCUT2D eigenvalue weighted by atomic mass is 16.5. The molecule has 1 heterocycles. The number of ether oxygens (including phenoxy) is 1. The summed E-state index contributed by atoms with van der Waals surface area (Å²) < 4.78 is 7.06. The van der Waals surface area contributed by atoms with E-state index in [9.17, 15) is 9.59 Å². The molecule has 0 spiro atoms. The number of benzene rings is 2. The molecular formula is C24H25NO3. The van der Waals surface area contributed by atoms with Gasteiger partial charge >= 0.3 is 6.09 Å². The average Bonchev–Trinajstić information content (AvgIpc) is 3.01. The van der Waals surface area contributed by atoms with Crippen LogP contribution in [0.5, 0.6) is 0 Å². The zero-order valence-electron chi connectivity index (χ0n) is 16.6. The molecule has 3 aromatic rings. The molecule has 2 aromatic carbocycles. The summed E-state index contributed by atoms with van der Waals surface area (Å²) >= 11 is 0. The number of aryl methyl sites for hydroxylation is 1. The predicted molar refractivity (Wildman–Crippen MR) is 110 cm³/mol. The van der Waals surface area contributed by atoms with E-state index in [1.165, 1.54) is 5.56 Å². The smallest absolute Gasteiger partial charge is 0.418 e. The Labute approximate surface area is 165 Å². The summed E-state index contributed by atoms with van der Waals surface area (Å²) in [6.45, 7) is 5.89. The Morgan fingerprint density at radius 3 is 2.46 bits per heavy atom. The van der Waals surface area contributed by atoms with Crippen LogP contribution in [0.2, 0.25) is 0 Å². The van der Waals surface area contributed by atoms with E-state index in [1.54, 1.807) is 11.5 Å². The summed E-state index contributed by atoms with van der Waals surface area (Å²) in [5.74, 6) is 0.170. The minimum absolute atomic E-state index is 0.0584. The van der Waals surface area contributed by atoms with E-state index in [2.05, 4.69) is 31.2 Å². The van der Waals surface area contributed by atoms with Crippen LogP contribution in [-0.2, 0) is 22.4 Å². The maximum Gasteiger partial charge on any atom is 0.418 e. The first-order valence-corrected chi connectivity index (χ1v) is 9.86. The van der Waals surface area contributed by atoms with Crippen molar-refractivity contribution in [2.24, 2.45) is 5.92 Å². The zero-order chi connectivity index (χ0) is 19.8. The lowest BCUT2D eigenvalue weighted by molar-refractivity contribution is -0.121. The highest BCUT2D eigenvalue weighted by molar-refractivity contribution is 5.95. The van der Waals surface area contributed by atoms with Gasteiger partial charge in [-0.2, -0.15) is 0 Å². The number of para-hydroxylation sites is 1. The van der Waals surface area contributed by atoms with Crippen molar-refractivity contribution in [3.8, 4) is 0 Å². The summed E-state index contributed by atoms with van der Waals surface area (Å²) in [5.41, 5.74) is 5.28. The van der Waals surface area contributed by atoms with Gasteiger partial charge in [-0.05, 0) is 56.7 Å². The minimum atomic E-state index is -0.344. The number of carbonyl (C=O) groups is 2. The molecule has 1 aliphatic carbocycles. The average molecular weight is 375 g/mol. The molecule has 0 bridgehead atoms. The van der Waals surface area contributed by atoms with E-state index in [4.69, 9.17) is 4.74 Å². The van der Waals surface area contributed by atoms with Gasteiger partial charge in [-0.15, -0.1) is 0 Å². The topological polar surface area (TPSA) is 48.3 Å². The van der Waals surface area contributed by atoms with E-state index in [0.29, 0.717) is 19.4 Å². The third kappa shape index (κ3) is 3.03. The molecule has 1 aliphatic rings. The molecule has 0 radical (unpaired) electrons. The van der Waals surface area contributed by atoms with Gasteiger partial charge in [-0.1, -0.05) is 48.0 Å². The van der Waals surface area contributed by atoms with E-state index in [0.717, 1.165) is 27.7 Å². The van der Waals surface area contributed by atoms with Crippen LogP contribution in [-0.4, -0.2) is 23.1 Å². The second kappa shape index (κ2) is 7.27. The van der Waals surface area contributed by atoms with Crippen LogP contribution in [0, 0.1) is 12.8 Å². The van der Waals surface area contributed by atoms with Gasteiger partial charge in [0.1, 0.15) is 5.78 Å². The molecule has 0 N–H and O–H groups in total. The van der Waals surface area contributed by atoms with Crippen molar-refractivity contribution in [1.29, 1.82) is 0 Å². The van der Waals surface area contributed by atoms with E-state index in [-0.39, 0.29) is 23.7 Å². The minimum Gasteiger partial charge on any atom is -0.449 e. The molecule has 4 rings (SSSR count). The summed E-state index contributed by atoms with van der Waals surface area (Å²) in [6, 6.07) is 16.3. The van der Waals surface area contributed by atoms with Crippen LogP contribution in [0.15, 0.2) is 48.5 Å². The van der Waals surface area contributed by atoms with Gasteiger partial charge in [0.05, 0.1) is 12.1 Å². The molecule has 4 heteroatoms. The van der Waals surface area contributed by atoms with Crippen molar-refractivity contribution in [3.05, 3.63) is 70.9 Å². The predicted octanol–water partition coefficient (Wildman–Crippen LogP) is 5.04. The fourth-order valence-electron chi connectivity index (χ4n) is 4.50. The second-order valence-electron chi connectivity index (χ2n) is 7.62. The Hall–Kier alpha value is -2.88.